The summed E-state index contributed by atoms with van der Waals surface area (Å²) in [6, 6.07) is 25.7. The average molecular weight is 437 g/mol. The number of likely N-dealkylation sites (tertiary alicyclic amines) is 1. The van der Waals surface area contributed by atoms with Crippen molar-refractivity contribution in [1.82, 2.24) is 9.88 Å². The van der Waals surface area contributed by atoms with Crippen LogP contribution in [0, 0.1) is 12.8 Å². The van der Waals surface area contributed by atoms with E-state index in [2.05, 4.69) is 71.4 Å². The molecule has 4 aromatic rings. The van der Waals surface area contributed by atoms with Crippen LogP contribution in [0.2, 0.25) is 0 Å². The summed E-state index contributed by atoms with van der Waals surface area (Å²) in [7, 11) is 0. The Balaban J connectivity index is 1.35. The molecular formula is C30H32N2O. The van der Waals surface area contributed by atoms with E-state index >= 15 is 0 Å². The predicted molar refractivity (Wildman–Crippen MR) is 135 cm³/mol. The maximum absolute atomic E-state index is 10.3. The number of fused-ring (bicyclic) bond motifs is 4. The number of benzene rings is 3. The highest BCUT2D eigenvalue weighted by Gasteiger charge is 2.48. The zero-order valence-electron chi connectivity index (χ0n) is 19.3. The number of nitrogens with zero attached hydrogens (tertiary/aromatic N) is 1. The first-order chi connectivity index (χ1) is 16.1. The molecular weight excluding hydrogens is 404 g/mol. The van der Waals surface area contributed by atoms with Gasteiger partial charge in [-0.2, -0.15) is 0 Å². The minimum absolute atomic E-state index is 0.0743. The van der Waals surface area contributed by atoms with Gasteiger partial charge in [0, 0.05) is 35.1 Å². The third-order valence-electron chi connectivity index (χ3n) is 8.21. The van der Waals surface area contributed by atoms with Crippen molar-refractivity contribution >= 4 is 10.9 Å². The molecule has 1 saturated heterocycles. The van der Waals surface area contributed by atoms with E-state index in [0.717, 1.165) is 45.3 Å². The zero-order valence-corrected chi connectivity index (χ0v) is 19.3. The van der Waals surface area contributed by atoms with Gasteiger partial charge in [0.1, 0.15) is 5.75 Å². The van der Waals surface area contributed by atoms with Gasteiger partial charge >= 0.3 is 0 Å². The number of aromatic hydroxyl groups is 1. The van der Waals surface area contributed by atoms with Crippen LogP contribution in [0.5, 0.6) is 5.75 Å². The Morgan fingerprint density at radius 3 is 2.76 bits per heavy atom. The van der Waals surface area contributed by atoms with E-state index in [-0.39, 0.29) is 5.41 Å². The highest BCUT2D eigenvalue weighted by atomic mass is 16.3. The Labute approximate surface area is 196 Å². The third-order valence-corrected chi connectivity index (χ3v) is 8.21. The molecule has 3 aromatic carbocycles. The maximum Gasteiger partial charge on any atom is 0.115 e. The molecule has 1 aliphatic heterocycles. The third kappa shape index (κ3) is 3.65. The molecule has 0 amide bonds. The summed E-state index contributed by atoms with van der Waals surface area (Å²) in [6.07, 6.45) is 4.35. The molecule has 3 nitrogen and oxygen atoms in total. The lowest BCUT2D eigenvalue weighted by atomic mass is 9.58. The second kappa shape index (κ2) is 8.07. The second-order valence-electron chi connectivity index (χ2n) is 10.2. The van der Waals surface area contributed by atoms with E-state index in [1.807, 2.05) is 12.1 Å². The smallest absolute Gasteiger partial charge is 0.115 e. The van der Waals surface area contributed by atoms with Gasteiger partial charge in [-0.05, 0) is 85.5 Å². The Morgan fingerprint density at radius 2 is 1.91 bits per heavy atom. The lowest BCUT2D eigenvalue weighted by Crippen LogP contribution is -2.54. The molecule has 0 spiro atoms. The van der Waals surface area contributed by atoms with Crippen molar-refractivity contribution in [3.63, 3.8) is 0 Å². The van der Waals surface area contributed by atoms with Gasteiger partial charge < -0.3 is 15.0 Å². The van der Waals surface area contributed by atoms with E-state index in [1.165, 1.54) is 38.9 Å². The van der Waals surface area contributed by atoms with Crippen molar-refractivity contribution in [2.75, 3.05) is 19.6 Å². The SMILES string of the molecule is Cc1ccc2c3c([nH]c2c1)CC1(c2cccc(O)c2)CCN(CCc2ccccc2)CC1C3. The van der Waals surface area contributed by atoms with Gasteiger partial charge in [-0.1, -0.05) is 54.6 Å². The number of aromatic nitrogens is 1. The molecule has 2 aliphatic rings. The number of nitrogens with one attached hydrogen (secondary N) is 1. The largest absolute Gasteiger partial charge is 0.508 e. The molecule has 33 heavy (non-hydrogen) atoms. The Kier molecular flexibility index (Phi) is 5.03. The fourth-order valence-corrected chi connectivity index (χ4v) is 6.44. The molecule has 168 valence electrons. The molecule has 1 aromatic heterocycles. The van der Waals surface area contributed by atoms with Crippen LogP contribution in [0.3, 0.4) is 0 Å². The number of H-pyrrole nitrogens is 1. The first-order valence-electron chi connectivity index (χ1n) is 12.3. The lowest BCUT2D eigenvalue weighted by molar-refractivity contribution is 0.0822. The molecule has 2 atom stereocenters. The summed E-state index contributed by atoms with van der Waals surface area (Å²) < 4.78 is 0. The van der Waals surface area contributed by atoms with Crippen LogP contribution in [-0.2, 0) is 24.7 Å². The first-order valence-corrected chi connectivity index (χ1v) is 12.3. The molecule has 3 heteroatoms. The van der Waals surface area contributed by atoms with Crippen LogP contribution in [0.15, 0.2) is 72.8 Å². The van der Waals surface area contributed by atoms with Crippen LogP contribution < -0.4 is 0 Å². The van der Waals surface area contributed by atoms with E-state index < -0.39 is 0 Å². The van der Waals surface area contributed by atoms with Crippen molar-refractivity contribution in [1.29, 1.82) is 0 Å². The summed E-state index contributed by atoms with van der Waals surface area (Å²) >= 11 is 0. The van der Waals surface area contributed by atoms with E-state index in [9.17, 15) is 5.11 Å². The summed E-state index contributed by atoms with van der Waals surface area (Å²) in [5, 5.41) is 11.7. The summed E-state index contributed by atoms with van der Waals surface area (Å²) in [5.41, 5.74) is 8.27. The number of phenols is 1. The van der Waals surface area contributed by atoms with Crippen molar-refractivity contribution in [2.45, 2.75) is 38.0 Å². The number of rotatable bonds is 4. The lowest BCUT2D eigenvalue weighted by Gasteiger charge is -2.51. The molecule has 0 saturated carbocycles. The van der Waals surface area contributed by atoms with Crippen LogP contribution >= 0.6 is 0 Å². The Bertz CT molecular complexity index is 1290. The Morgan fingerprint density at radius 1 is 1.03 bits per heavy atom. The molecule has 6 rings (SSSR count). The highest BCUT2D eigenvalue weighted by molar-refractivity contribution is 5.85. The number of aromatic amines is 1. The number of hydrogen-bond donors (Lipinski definition) is 2. The average Bonchev–Trinajstić information content (AvgIpc) is 3.17. The highest BCUT2D eigenvalue weighted by Crippen LogP contribution is 2.49. The van der Waals surface area contributed by atoms with Crippen LogP contribution in [0.1, 0.15) is 34.4 Å². The molecule has 1 aliphatic carbocycles. The fourth-order valence-electron chi connectivity index (χ4n) is 6.44. The van der Waals surface area contributed by atoms with Gasteiger partial charge in [0.15, 0.2) is 0 Å². The number of phenolic OH excluding ortho intramolecular Hbond substituents is 1. The standard InChI is InChI=1S/C30H32N2O/c1-21-10-11-26-27-18-24-20-32(14-12-22-6-3-2-4-7-22)15-13-30(24,19-29(27)31-28(26)16-21)23-8-5-9-25(33)17-23/h2-11,16-17,24,31,33H,12-15,18-20H2,1H3. The van der Waals surface area contributed by atoms with Gasteiger partial charge in [-0.25, -0.2) is 0 Å². The van der Waals surface area contributed by atoms with Crippen molar-refractivity contribution in [3.8, 4) is 5.75 Å². The first kappa shape index (κ1) is 20.6. The molecule has 2 unspecified atom stereocenters. The molecule has 2 heterocycles. The monoisotopic (exact) mass is 436 g/mol. The molecule has 1 fully saturated rings. The van der Waals surface area contributed by atoms with Crippen molar-refractivity contribution < 1.29 is 5.11 Å². The van der Waals surface area contributed by atoms with Gasteiger partial charge in [0.25, 0.3) is 0 Å². The van der Waals surface area contributed by atoms with E-state index in [0.29, 0.717) is 11.7 Å². The van der Waals surface area contributed by atoms with Crippen molar-refractivity contribution in [2.24, 2.45) is 5.92 Å². The number of piperidine rings is 1. The topological polar surface area (TPSA) is 39.3 Å². The summed E-state index contributed by atoms with van der Waals surface area (Å²) in [6.45, 7) is 5.49. The van der Waals surface area contributed by atoms with Crippen LogP contribution in [0.4, 0.5) is 0 Å². The summed E-state index contributed by atoms with van der Waals surface area (Å²) in [5.74, 6) is 0.918. The molecule has 2 N–H and O–H groups in total. The van der Waals surface area contributed by atoms with Crippen LogP contribution in [0.25, 0.3) is 10.9 Å². The van der Waals surface area contributed by atoms with Gasteiger partial charge in [-0.15, -0.1) is 0 Å². The fraction of sp³-hybridized carbons (Fsp3) is 0.333. The molecule has 0 radical (unpaired) electrons. The Hall–Kier alpha value is -3.04. The van der Waals surface area contributed by atoms with Crippen molar-refractivity contribution in [3.05, 3.63) is 101 Å². The van der Waals surface area contributed by atoms with E-state index in [4.69, 9.17) is 0 Å². The van der Waals surface area contributed by atoms with Crippen LogP contribution in [-0.4, -0.2) is 34.6 Å². The predicted octanol–water partition coefficient (Wildman–Crippen LogP) is 5.78. The number of hydrogen-bond acceptors (Lipinski definition) is 2. The molecule has 0 bridgehead atoms. The number of aryl methyl sites for hydroxylation is 1. The maximum atomic E-state index is 10.3. The minimum atomic E-state index is 0.0743. The minimum Gasteiger partial charge on any atom is -0.508 e. The normalized spacial score (nSPS) is 22.8. The van der Waals surface area contributed by atoms with Gasteiger partial charge in [0.2, 0.25) is 0 Å². The summed E-state index contributed by atoms with van der Waals surface area (Å²) in [4.78, 5) is 6.45. The second-order valence-corrected chi connectivity index (χ2v) is 10.2. The zero-order chi connectivity index (χ0) is 22.4. The quantitative estimate of drug-likeness (QED) is 0.425. The van der Waals surface area contributed by atoms with Gasteiger partial charge in [0.05, 0.1) is 0 Å². The van der Waals surface area contributed by atoms with Gasteiger partial charge in [-0.3, -0.25) is 0 Å². The van der Waals surface area contributed by atoms with E-state index in [1.54, 1.807) is 6.07 Å².